The molecule has 28 heavy (non-hydrogen) atoms. The standard InChI is InChI=1S/C20H18N4O2S2/c1-12-4-5-15(10-21)19(22-12)28-13(2)18(25)24-20-23-17(11-27-20)14-6-8-16(26-3)9-7-14/h4-9,11,13H,1-3H3,(H,23,24,25). The average molecular weight is 411 g/mol. The summed E-state index contributed by atoms with van der Waals surface area (Å²) in [5.41, 5.74) is 3.00. The molecule has 0 spiro atoms. The Morgan fingerprint density at radius 1 is 1.25 bits per heavy atom. The summed E-state index contributed by atoms with van der Waals surface area (Å²) < 4.78 is 5.16. The predicted octanol–water partition coefficient (Wildman–Crippen LogP) is 4.51. The summed E-state index contributed by atoms with van der Waals surface area (Å²) in [7, 11) is 1.62. The van der Waals surface area contributed by atoms with E-state index >= 15 is 0 Å². The number of hydrogen-bond acceptors (Lipinski definition) is 7. The predicted molar refractivity (Wildman–Crippen MR) is 112 cm³/mol. The maximum Gasteiger partial charge on any atom is 0.239 e. The van der Waals surface area contributed by atoms with Crippen molar-refractivity contribution in [1.29, 1.82) is 5.26 Å². The van der Waals surface area contributed by atoms with Crippen LogP contribution in [0.2, 0.25) is 0 Å². The van der Waals surface area contributed by atoms with E-state index in [2.05, 4.69) is 21.4 Å². The van der Waals surface area contributed by atoms with Gasteiger partial charge in [-0.2, -0.15) is 5.26 Å². The summed E-state index contributed by atoms with van der Waals surface area (Å²) in [6.45, 7) is 3.63. The third kappa shape index (κ3) is 4.68. The van der Waals surface area contributed by atoms with Crippen molar-refractivity contribution in [3.05, 3.63) is 53.0 Å². The molecule has 3 aromatic rings. The number of ether oxygens (including phenoxy) is 1. The second-order valence-electron chi connectivity index (χ2n) is 5.93. The van der Waals surface area contributed by atoms with Crippen LogP contribution < -0.4 is 10.1 Å². The Kier molecular flexibility index (Phi) is 6.29. The molecular formula is C20H18N4O2S2. The molecule has 1 N–H and O–H groups in total. The molecule has 3 rings (SSSR count). The average Bonchev–Trinajstić information content (AvgIpc) is 3.16. The van der Waals surface area contributed by atoms with Gasteiger partial charge in [-0.15, -0.1) is 11.3 Å². The molecule has 0 radical (unpaired) electrons. The fourth-order valence-electron chi connectivity index (χ4n) is 2.36. The summed E-state index contributed by atoms with van der Waals surface area (Å²) in [6, 6.07) is 13.2. The maximum atomic E-state index is 12.5. The zero-order chi connectivity index (χ0) is 20.1. The van der Waals surface area contributed by atoms with Gasteiger partial charge in [-0.25, -0.2) is 9.97 Å². The number of thioether (sulfide) groups is 1. The number of thiazole rings is 1. The number of nitriles is 1. The molecule has 0 fully saturated rings. The monoisotopic (exact) mass is 410 g/mol. The number of carbonyl (C=O) groups is 1. The fraction of sp³-hybridized carbons (Fsp3) is 0.200. The minimum absolute atomic E-state index is 0.187. The normalized spacial score (nSPS) is 11.5. The van der Waals surface area contributed by atoms with Crippen molar-refractivity contribution in [2.75, 3.05) is 12.4 Å². The van der Waals surface area contributed by atoms with Crippen LogP contribution in [0.4, 0.5) is 5.13 Å². The number of nitrogens with zero attached hydrogens (tertiary/aromatic N) is 3. The number of anilines is 1. The molecule has 2 aromatic heterocycles. The van der Waals surface area contributed by atoms with Crippen molar-refractivity contribution in [3.63, 3.8) is 0 Å². The number of aryl methyl sites for hydroxylation is 1. The molecule has 1 aromatic carbocycles. The number of carbonyl (C=O) groups excluding carboxylic acids is 1. The van der Waals surface area contributed by atoms with E-state index in [0.29, 0.717) is 15.7 Å². The molecule has 0 aliphatic carbocycles. The number of rotatable bonds is 6. The number of benzene rings is 1. The van der Waals surface area contributed by atoms with E-state index in [1.165, 1.54) is 23.1 Å². The van der Waals surface area contributed by atoms with Crippen molar-refractivity contribution in [1.82, 2.24) is 9.97 Å². The van der Waals surface area contributed by atoms with E-state index in [9.17, 15) is 10.1 Å². The van der Waals surface area contributed by atoms with Gasteiger partial charge < -0.3 is 10.1 Å². The molecular weight excluding hydrogens is 392 g/mol. The van der Waals surface area contributed by atoms with Crippen LogP contribution >= 0.6 is 23.1 Å². The Morgan fingerprint density at radius 3 is 2.68 bits per heavy atom. The Labute approximate surface area is 171 Å². The van der Waals surface area contributed by atoms with Crippen LogP contribution in [0.5, 0.6) is 5.75 Å². The van der Waals surface area contributed by atoms with Crippen LogP contribution in [0.3, 0.4) is 0 Å². The number of pyridine rings is 1. The van der Waals surface area contributed by atoms with Crippen molar-refractivity contribution in [2.24, 2.45) is 0 Å². The van der Waals surface area contributed by atoms with E-state index in [1.807, 2.05) is 36.6 Å². The minimum Gasteiger partial charge on any atom is -0.497 e. The summed E-state index contributed by atoms with van der Waals surface area (Å²) >= 11 is 2.63. The molecule has 0 aliphatic rings. The second-order valence-corrected chi connectivity index (χ2v) is 8.12. The molecule has 2 heterocycles. The smallest absolute Gasteiger partial charge is 0.239 e. The van der Waals surface area contributed by atoms with Crippen molar-refractivity contribution in [2.45, 2.75) is 24.1 Å². The van der Waals surface area contributed by atoms with Gasteiger partial charge in [-0.3, -0.25) is 4.79 Å². The van der Waals surface area contributed by atoms with Gasteiger partial charge >= 0.3 is 0 Å². The number of hydrogen-bond donors (Lipinski definition) is 1. The summed E-state index contributed by atoms with van der Waals surface area (Å²) in [6.07, 6.45) is 0. The maximum absolute atomic E-state index is 12.5. The third-order valence-electron chi connectivity index (χ3n) is 3.90. The number of aromatic nitrogens is 2. The molecule has 1 unspecified atom stereocenters. The first kappa shape index (κ1) is 19.9. The number of amides is 1. The van der Waals surface area contributed by atoms with Gasteiger partial charge in [0.2, 0.25) is 5.91 Å². The molecule has 6 nitrogen and oxygen atoms in total. The summed E-state index contributed by atoms with van der Waals surface area (Å²) in [5, 5.41) is 14.6. The van der Waals surface area contributed by atoms with E-state index in [4.69, 9.17) is 4.74 Å². The zero-order valence-electron chi connectivity index (χ0n) is 15.6. The topological polar surface area (TPSA) is 87.9 Å². The zero-order valence-corrected chi connectivity index (χ0v) is 17.2. The fourth-order valence-corrected chi connectivity index (χ4v) is 4.02. The van der Waals surface area contributed by atoms with E-state index in [1.54, 1.807) is 26.2 Å². The molecule has 1 amide bonds. The van der Waals surface area contributed by atoms with Crippen LogP contribution in [0.25, 0.3) is 11.3 Å². The molecule has 0 bridgehead atoms. The highest BCUT2D eigenvalue weighted by Crippen LogP contribution is 2.29. The van der Waals surface area contributed by atoms with Crippen LogP contribution in [0.1, 0.15) is 18.2 Å². The summed E-state index contributed by atoms with van der Waals surface area (Å²) in [5.74, 6) is 0.590. The molecule has 0 aliphatic heterocycles. The Bertz CT molecular complexity index is 1030. The molecule has 8 heteroatoms. The molecule has 0 saturated heterocycles. The summed E-state index contributed by atoms with van der Waals surface area (Å²) in [4.78, 5) is 21.4. The highest BCUT2D eigenvalue weighted by molar-refractivity contribution is 8.00. The van der Waals surface area contributed by atoms with Crippen LogP contribution in [0.15, 0.2) is 46.8 Å². The first-order valence-corrected chi connectivity index (χ1v) is 10.2. The highest BCUT2D eigenvalue weighted by atomic mass is 32.2. The lowest BCUT2D eigenvalue weighted by Crippen LogP contribution is -2.22. The van der Waals surface area contributed by atoms with E-state index in [0.717, 1.165) is 22.7 Å². The van der Waals surface area contributed by atoms with Gasteiger partial charge in [-0.05, 0) is 50.2 Å². The van der Waals surface area contributed by atoms with E-state index < -0.39 is 5.25 Å². The molecule has 142 valence electrons. The lowest BCUT2D eigenvalue weighted by atomic mass is 10.2. The Hall–Kier alpha value is -2.89. The first-order chi connectivity index (χ1) is 13.5. The van der Waals surface area contributed by atoms with Gasteiger partial charge in [-0.1, -0.05) is 11.8 Å². The second kappa shape index (κ2) is 8.87. The van der Waals surface area contributed by atoms with E-state index in [-0.39, 0.29) is 5.91 Å². The Morgan fingerprint density at radius 2 is 2.00 bits per heavy atom. The van der Waals surface area contributed by atoms with Gasteiger partial charge in [0.05, 0.1) is 23.6 Å². The van der Waals surface area contributed by atoms with Gasteiger partial charge in [0.15, 0.2) is 5.13 Å². The first-order valence-electron chi connectivity index (χ1n) is 8.45. The van der Waals surface area contributed by atoms with Crippen LogP contribution in [-0.4, -0.2) is 28.2 Å². The highest BCUT2D eigenvalue weighted by Gasteiger charge is 2.19. The molecule has 1 atom stereocenters. The third-order valence-corrected chi connectivity index (χ3v) is 5.76. The lowest BCUT2D eigenvalue weighted by molar-refractivity contribution is -0.115. The molecule has 0 saturated carbocycles. The van der Waals surface area contributed by atoms with Gasteiger partial charge in [0.25, 0.3) is 0 Å². The number of nitrogens with one attached hydrogen (secondary N) is 1. The van der Waals surface area contributed by atoms with Crippen LogP contribution in [-0.2, 0) is 4.79 Å². The van der Waals surface area contributed by atoms with Gasteiger partial charge in [0, 0.05) is 16.6 Å². The van der Waals surface area contributed by atoms with Gasteiger partial charge in [0.1, 0.15) is 16.8 Å². The van der Waals surface area contributed by atoms with Crippen molar-refractivity contribution < 1.29 is 9.53 Å². The van der Waals surface area contributed by atoms with Crippen LogP contribution in [0, 0.1) is 18.3 Å². The number of methoxy groups -OCH3 is 1. The largest absolute Gasteiger partial charge is 0.497 e. The van der Waals surface area contributed by atoms with Crippen molar-refractivity contribution >= 4 is 34.1 Å². The Balaban J connectivity index is 1.67. The minimum atomic E-state index is -0.422. The quantitative estimate of drug-likeness (QED) is 0.602. The SMILES string of the molecule is COc1ccc(-c2csc(NC(=O)C(C)Sc3nc(C)ccc3C#N)n2)cc1. The van der Waals surface area contributed by atoms with Crippen molar-refractivity contribution in [3.8, 4) is 23.1 Å². The lowest BCUT2D eigenvalue weighted by Gasteiger charge is -2.11.